The molecule has 0 bridgehead atoms. The number of carbonyl (C=O) groups excluding carboxylic acids is 1. The van der Waals surface area contributed by atoms with E-state index in [1.54, 1.807) is 7.11 Å². The van der Waals surface area contributed by atoms with E-state index >= 15 is 0 Å². The van der Waals surface area contributed by atoms with Crippen LogP contribution in [-0.4, -0.2) is 50.2 Å². The molecule has 1 N–H and O–H groups in total. The lowest BCUT2D eigenvalue weighted by atomic mass is 10.2. The standard InChI is InChI=1S/C13H28N2O2/c1-5-6-7-9-15(12(2)3)13(16)11-14-8-10-17-4/h12,14H,5-11H2,1-4H3. The lowest BCUT2D eigenvalue weighted by molar-refractivity contribution is -0.132. The zero-order valence-electron chi connectivity index (χ0n) is 11.8. The van der Waals surface area contributed by atoms with Crippen molar-refractivity contribution in [3.05, 3.63) is 0 Å². The van der Waals surface area contributed by atoms with Gasteiger partial charge in [0.2, 0.25) is 5.91 Å². The summed E-state index contributed by atoms with van der Waals surface area (Å²) in [5, 5.41) is 3.10. The molecule has 0 aliphatic carbocycles. The molecule has 102 valence electrons. The van der Waals surface area contributed by atoms with Crippen LogP contribution >= 0.6 is 0 Å². The van der Waals surface area contributed by atoms with Crippen LogP contribution in [0.1, 0.15) is 40.0 Å². The van der Waals surface area contributed by atoms with Crippen LogP contribution in [0.2, 0.25) is 0 Å². The molecular weight excluding hydrogens is 216 g/mol. The summed E-state index contributed by atoms with van der Waals surface area (Å²) in [6.45, 7) is 8.96. The van der Waals surface area contributed by atoms with Gasteiger partial charge in [-0.25, -0.2) is 0 Å². The first-order valence-corrected chi connectivity index (χ1v) is 6.62. The molecule has 0 radical (unpaired) electrons. The summed E-state index contributed by atoms with van der Waals surface area (Å²) in [6, 6.07) is 0.281. The van der Waals surface area contributed by atoms with Gasteiger partial charge in [-0.3, -0.25) is 4.79 Å². The predicted octanol–water partition coefficient (Wildman–Crippen LogP) is 1.65. The van der Waals surface area contributed by atoms with Gasteiger partial charge in [0.15, 0.2) is 0 Å². The van der Waals surface area contributed by atoms with Crippen molar-refractivity contribution in [2.45, 2.75) is 46.1 Å². The number of carbonyl (C=O) groups is 1. The second kappa shape index (κ2) is 10.5. The number of nitrogens with one attached hydrogen (secondary N) is 1. The Labute approximate surface area is 106 Å². The Bertz CT molecular complexity index is 196. The highest BCUT2D eigenvalue weighted by Crippen LogP contribution is 2.03. The van der Waals surface area contributed by atoms with Crippen LogP contribution in [0.25, 0.3) is 0 Å². The molecule has 0 aromatic rings. The number of amides is 1. The van der Waals surface area contributed by atoms with E-state index in [-0.39, 0.29) is 11.9 Å². The van der Waals surface area contributed by atoms with Crippen molar-refractivity contribution >= 4 is 5.91 Å². The second-order valence-electron chi connectivity index (χ2n) is 4.56. The van der Waals surface area contributed by atoms with Gasteiger partial charge in [0.25, 0.3) is 0 Å². The zero-order chi connectivity index (χ0) is 13.1. The number of rotatable bonds is 10. The van der Waals surface area contributed by atoms with Gasteiger partial charge in [0.1, 0.15) is 0 Å². The van der Waals surface area contributed by atoms with E-state index in [1.165, 1.54) is 12.8 Å². The molecule has 0 unspecified atom stereocenters. The Balaban J connectivity index is 3.89. The van der Waals surface area contributed by atoms with Gasteiger partial charge in [-0.05, 0) is 20.3 Å². The highest BCUT2D eigenvalue weighted by Gasteiger charge is 2.15. The monoisotopic (exact) mass is 244 g/mol. The van der Waals surface area contributed by atoms with Crippen molar-refractivity contribution in [3.8, 4) is 0 Å². The van der Waals surface area contributed by atoms with Crippen LogP contribution in [0.3, 0.4) is 0 Å². The number of unbranched alkanes of at least 4 members (excludes halogenated alkanes) is 2. The third-order valence-corrected chi connectivity index (χ3v) is 2.71. The molecular formula is C13H28N2O2. The molecule has 0 aromatic heterocycles. The molecule has 0 aliphatic heterocycles. The molecule has 1 amide bonds. The van der Waals surface area contributed by atoms with Crippen LogP contribution < -0.4 is 5.32 Å². The maximum Gasteiger partial charge on any atom is 0.236 e. The topological polar surface area (TPSA) is 41.6 Å². The van der Waals surface area contributed by atoms with Crippen molar-refractivity contribution in [1.82, 2.24) is 10.2 Å². The van der Waals surface area contributed by atoms with Crippen molar-refractivity contribution in [3.63, 3.8) is 0 Å². The molecule has 4 nitrogen and oxygen atoms in total. The maximum absolute atomic E-state index is 12.0. The van der Waals surface area contributed by atoms with Crippen LogP contribution in [0.5, 0.6) is 0 Å². The number of nitrogens with zero attached hydrogens (tertiary/aromatic N) is 1. The Kier molecular flexibility index (Phi) is 10.2. The first-order valence-electron chi connectivity index (χ1n) is 6.62. The fourth-order valence-electron chi connectivity index (χ4n) is 1.67. The van der Waals surface area contributed by atoms with E-state index in [2.05, 4.69) is 26.1 Å². The van der Waals surface area contributed by atoms with Gasteiger partial charge < -0.3 is 15.0 Å². The van der Waals surface area contributed by atoms with E-state index in [4.69, 9.17) is 4.74 Å². The first kappa shape index (κ1) is 16.4. The minimum absolute atomic E-state index is 0.187. The van der Waals surface area contributed by atoms with Gasteiger partial charge in [0.05, 0.1) is 13.2 Å². The molecule has 0 aromatic carbocycles. The molecule has 0 aliphatic rings. The summed E-state index contributed by atoms with van der Waals surface area (Å²) >= 11 is 0. The Morgan fingerprint density at radius 3 is 2.59 bits per heavy atom. The van der Waals surface area contributed by atoms with E-state index in [1.807, 2.05) is 4.90 Å². The largest absolute Gasteiger partial charge is 0.383 e. The van der Waals surface area contributed by atoms with Gasteiger partial charge in [-0.15, -0.1) is 0 Å². The number of methoxy groups -OCH3 is 1. The molecule has 17 heavy (non-hydrogen) atoms. The Hall–Kier alpha value is -0.610. The number of hydrogen-bond donors (Lipinski definition) is 1. The normalized spacial score (nSPS) is 10.9. The predicted molar refractivity (Wildman–Crippen MR) is 71.1 cm³/mol. The van der Waals surface area contributed by atoms with Crippen molar-refractivity contribution in [2.24, 2.45) is 0 Å². The molecule has 0 saturated carbocycles. The van der Waals surface area contributed by atoms with Crippen LogP contribution in [0, 0.1) is 0 Å². The van der Waals surface area contributed by atoms with Crippen molar-refractivity contribution in [1.29, 1.82) is 0 Å². The maximum atomic E-state index is 12.0. The summed E-state index contributed by atoms with van der Waals surface area (Å²) in [4.78, 5) is 13.9. The third-order valence-electron chi connectivity index (χ3n) is 2.71. The van der Waals surface area contributed by atoms with Crippen LogP contribution in [-0.2, 0) is 9.53 Å². The van der Waals surface area contributed by atoms with E-state index < -0.39 is 0 Å². The van der Waals surface area contributed by atoms with Gasteiger partial charge in [-0.2, -0.15) is 0 Å². The van der Waals surface area contributed by atoms with Gasteiger partial charge in [-0.1, -0.05) is 19.8 Å². The average Bonchev–Trinajstić information content (AvgIpc) is 2.29. The highest BCUT2D eigenvalue weighted by molar-refractivity contribution is 5.78. The van der Waals surface area contributed by atoms with Crippen molar-refractivity contribution < 1.29 is 9.53 Å². The molecule has 0 spiro atoms. The molecule has 0 atom stereocenters. The minimum Gasteiger partial charge on any atom is -0.383 e. The minimum atomic E-state index is 0.187. The lowest BCUT2D eigenvalue weighted by Crippen LogP contribution is -2.43. The zero-order valence-corrected chi connectivity index (χ0v) is 11.8. The molecule has 0 saturated heterocycles. The summed E-state index contributed by atoms with van der Waals surface area (Å²) in [7, 11) is 1.66. The third kappa shape index (κ3) is 8.16. The summed E-state index contributed by atoms with van der Waals surface area (Å²) in [6.07, 6.45) is 3.47. The van der Waals surface area contributed by atoms with Gasteiger partial charge >= 0.3 is 0 Å². The van der Waals surface area contributed by atoms with Crippen LogP contribution in [0.15, 0.2) is 0 Å². The first-order chi connectivity index (χ1) is 8.13. The Morgan fingerprint density at radius 1 is 1.35 bits per heavy atom. The fourth-order valence-corrected chi connectivity index (χ4v) is 1.67. The van der Waals surface area contributed by atoms with Crippen molar-refractivity contribution in [2.75, 3.05) is 33.4 Å². The molecule has 0 fully saturated rings. The van der Waals surface area contributed by atoms with Crippen LogP contribution in [0.4, 0.5) is 0 Å². The highest BCUT2D eigenvalue weighted by atomic mass is 16.5. The summed E-state index contributed by atoms with van der Waals surface area (Å²) < 4.78 is 4.92. The molecule has 0 rings (SSSR count). The second-order valence-corrected chi connectivity index (χ2v) is 4.56. The van der Waals surface area contributed by atoms with E-state index in [9.17, 15) is 4.79 Å². The summed E-state index contributed by atoms with van der Waals surface area (Å²) in [5.74, 6) is 0.187. The summed E-state index contributed by atoms with van der Waals surface area (Å²) in [5.41, 5.74) is 0. The van der Waals surface area contributed by atoms with E-state index in [0.29, 0.717) is 13.2 Å². The smallest absolute Gasteiger partial charge is 0.236 e. The fraction of sp³-hybridized carbons (Fsp3) is 0.923. The average molecular weight is 244 g/mol. The molecule has 4 heteroatoms. The van der Waals surface area contributed by atoms with E-state index in [0.717, 1.165) is 19.5 Å². The SMILES string of the molecule is CCCCCN(C(=O)CNCCOC)C(C)C. The number of hydrogen-bond acceptors (Lipinski definition) is 3. The quantitative estimate of drug-likeness (QED) is 0.594. The van der Waals surface area contributed by atoms with Gasteiger partial charge in [0, 0.05) is 26.2 Å². The lowest BCUT2D eigenvalue weighted by Gasteiger charge is -2.27. The number of ether oxygens (including phenoxy) is 1. The molecule has 0 heterocycles. The Morgan fingerprint density at radius 2 is 2.06 bits per heavy atom.